The van der Waals surface area contributed by atoms with E-state index in [2.05, 4.69) is 5.32 Å². The highest BCUT2D eigenvalue weighted by Crippen LogP contribution is 2.12. The van der Waals surface area contributed by atoms with Gasteiger partial charge in [0.15, 0.2) is 0 Å². The van der Waals surface area contributed by atoms with E-state index in [1.165, 1.54) is 0 Å². The molecule has 0 aliphatic heterocycles. The molecule has 0 saturated carbocycles. The minimum Gasteiger partial charge on any atom is -0.466 e. The zero-order chi connectivity index (χ0) is 14.4. The predicted octanol–water partition coefficient (Wildman–Crippen LogP) is 2.22. The summed E-state index contributed by atoms with van der Waals surface area (Å²) >= 11 is 11.0. The number of benzene rings is 2. The van der Waals surface area contributed by atoms with Gasteiger partial charge in [0.2, 0.25) is 0 Å². The first-order chi connectivity index (χ1) is 9.69. The Kier molecular flexibility index (Phi) is 5.41. The fourth-order valence-corrected chi connectivity index (χ4v) is 2.00. The van der Waals surface area contributed by atoms with Crippen molar-refractivity contribution in [1.82, 2.24) is 0 Å². The van der Waals surface area contributed by atoms with Crippen LogP contribution in [0, 0.1) is 0 Å². The third kappa shape index (κ3) is 4.23. The van der Waals surface area contributed by atoms with Crippen LogP contribution in [-0.2, 0) is 11.3 Å². The maximum Gasteiger partial charge on any atom is 0.306 e. The summed E-state index contributed by atoms with van der Waals surface area (Å²) in [6, 6.07) is 15.0. The second-order valence-corrected chi connectivity index (χ2v) is 4.93. The summed E-state index contributed by atoms with van der Waals surface area (Å²) in [7, 11) is -0.119. The average Bonchev–Trinajstić information content (AvgIpc) is 2.48. The Morgan fingerprint density at radius 3 is 2.70 bits per heavy atom. The van der Waals surface area contributed by atoms with Crippen LogP contribution in [0.5, 0.6) is 0 Å². The lowest BCUT2D eigenvalue weighted by molar-refractivity contribution is 0.300. The Hall–Kier alpha value is -1.56. The van der Waals surface area contributed by atoms with E-state index in [-0.39, 0.29) is 12.7 Å². The summed E-state index contributed by atoms with van der Waals surface area (Å²) < 4.78 is 5.46. The van der Waals surface area contributed by atoms with Gasteiger partial charge in [0.1, 0.15) is 6.61 Å². The molecule has 6 heteroatoms. The lowest BCUT2D eigenvalue weighted by Crippen LogP contribution is -2.18. The van der Waals surface area contributed by atoms with Gasteiger partial charge in [-0.1, -0.05) is 41.9 Å². The predicted molar refractivity (Wildman–Crippen MR) is 87.9 cm³/mol. The highest BCUT2D eigenvalue weighted by molar-refractivity contribution is 7.80. The van der Waals surface area contributed by atoms with Crippen LogP contribution in [0.1, 0.15) is 5.56 Å². The monoisotopic (exact) mass is 305 g/mol. The molecule has 0 aliphatic rings. The van der Waals surface area contributed by atoms with Crippen LogP contribution >= 0.6 is 23.8 Å². The van der Waals surface area contributed by atoms with Gasteiger partial charge in [-0.2, -0.15) is 0 Å². The minimum atomic E-state index is -0.119. The molecule has 0 saturated heterocycles. The fourth-order valence-electron chi connectivity index (χ4n) is 1.65. The number of ether oxygens (including phenoxy) is 1. The first-order valence-electron chi connectivity index (χ1n) is 6.06. The summed E-state index contributed by atoms with van der Waals surface area (Å²) in [5, 5.41) is 12.9. The fraction of sp³-hybridized carbons (Fsp3) is 0.0714. The van der Waals surface area contributed by atoms with Crippen molar-refractivity contribution in [2.75, 3.05) is 5.32 Å². The van der Waals surface area contributed by atoms with Crippen molar-refractivity contribution < 1.29 is 9.76 Å². The zero-order valence-electron chi connectivity index (χ0n) is 10.7. The van der Waals surface area contributed by atoms with Crippen LogP contribution in [0.3, 0.4) is 0 Å². The highest BCUT2D eigenvalue weighted by atomic mass is 35.5. The molecule has 20 heavy (non-hydrogen) atoms. The number of halogens is 1. The second kappa shape index (κ2) is 7.29. The molecule has 2 rings (SSSR count). The van der Waals surface area contributed by atoms with Gasteiger partial charge in [0.05, 0.1) is 0 Å². The lowest BCUT2D eigenvalue weighted by Gasteiger charge is -2.11. The van der Waals surface area contributed by atoms with Crippen molar-refractivity contribution >= 4 is 47.6 Å². The topological polar surface area (TPSA) is 41.5 Å². The van der Waals surface area contributed by atoms with Crippen LogP contribution < -0.4 is 10.8 Å². The number of hydrogen-bond donors (Lipinski definition) is 2. The molecule has 102 valence electrons. The maximum absolute atomic E-state index is 9.15. The average molecular weight is 306 g/mol. The first-order valence-corrected chi connectivity index (χ1v) is 6.84. The molecule has 0 aromatic heterocycles. The summed E-state index contributed by atoms with van der Waals surface area (Å²) in [5.74, 6) is 0. The summed E-state index contributed by atoms with van der Waals surface area (Å²) in [6.07, 6.45) is 0. The number of anilines is 1. The summed E-state index contributed by atoms with van der Waals surface area (Å²) in [4.78, 5) is 0. The van der Waals surface area contributed by atoms with Crippen LogP contribution in [-0.4, -0.2) is 17.7 Å². The Balaban J connectivity index is 1.91. The number of rotatable bonds is 4. The molecule has 0 aliphatic carbocycles. The molecule has 0 spiro atoms. The number of hydrogen-bond acceptors (Lipinski definition) is 3. The Labute approximate surface area is 128 Å². The highest BCUT2D eigenvalue weighted by Gasteiger charge is 2.04. The third-order valence-electron chi connectivity index (χ3n) is 2.68. The van der Waals surface area contributed by atoms with E-state index in [1.807, 2.05) is 30.3 Å². The molecular weight excluding hydrogens is 292 g/mol. The van der Waals surface area contributed by atoms with E-state index in [9.17, 15) is 0 Å². The van der Waals surface area contributed by atoms with Gasteiger partial charge in [0.25, 0.3) is 5.17 Å². The lowest BCUT2D eigenvalue weighted by atomic mass is 9.88. The quantitative estimate of drug-likeness (QED) is 0.671. The standard InChI is InChI=1S/C14H13BClNO2S/c16-13-7-6-11(8-12(13)15-18)17-14(20)19-9-10-4-2-1-3-5-10/h1-8,15,18H,9H2,(H,17,20). The van der Waals surface area contributed by atoms with Crippen molar-refractivity contribution in [2.24, 2.45) is 0 Å². The summed E-state index contributed by atoms with van der Waals surface area (Å²) in [6.45, 7) is 0.410. The van der Waals surface area contributed by atoms with Gasteiger partial charge in [0, 0.05) is 10.7 Å². The molecule has 0 amide bonds. The SMILES string of the molecule is OBc1cc(NC(=S)OCc2ccccc2)ccc1Cl. The molecule has 2 aromatic carbocycles. The van der Waals surface area contributed by atoms with E-state index < -0.39 is 0 Å². The molecule has 0 unspecified atom stereocenters. The zero-order valence-corrected chi connectivity index (χ0v) is 12.2. The Morgan fingerprint density at radius 1 is 1.25 bits per heavy atom. The largest absolute Gasteiger partial charge is 0.466 e. The van der Waals surface area contributed by atoms with Gasteiger partial charge in [-0.05, 0) is 41.4 Å². The van der Waals surface area contributed by atoms with E-state index >= 15 is 0 Å². The second-order valence-electron chi connectivity index (χ2n) is 4.15. The molecule has 2 aromatic rings. The number of thiocarbonyl (C=S) groups is 1. The van der Waals surface area contributed by atoms with Crippen molar-refractivity contribution in [3.05, 3.63) is 59.1 Å². The van der Waals surface area contributed by atoms with Crippen LogP contribution in [0.2, 0.25) is 5.02 Å². The number of nitrogens with one attached hydrogen (secondary N) is 1. The van der Waals surface area contributed by atoms with E-state index in [0.717, 1.165) is 11.3 Å². The summed E-state index contributed by atoms with van der Waals surface area (Å²) in [5.41, 5.74) is 2.42. The van der Waals surface area contributed by atoms with Gasteiger partial charge in [-0.25, -0.2) is 0 Å². The van der Waals surface area contributed by atoms with Crippen LogP contribution in [0.25, 0.3) is 0 Å². The molecule has 0 atom stereocenters. The minimum absolute atomic E-state index is 0.119. The molecule has 3 nitrogen and oxygen atoms in total. The Bertz CT molecular complexity index is 595. The van der Waals surface area contributed by atoms with E-state index in [4.69, 9.17) is 33.6 Å². The van der Waals surface area contributed by atoms with Gasteiger partial charge >= 0.3 is 7.48 Å². The van der Waals surface area contributed by atoms with Gasteiger partial charge < -0.3 is 15.1 Å². The van der Waals surface area contributed by atoms with Crippen LogP contribution in [0.15, 0.2) is 48.5 Å². The third-order valence-corrected chi connectivity index (χ3v) is 3.26. The van der Waals surface area contributed by atoms with Crippen molar-refractivity contribution in [3.8, 4) is 0 Å². The molecule has 2 N–H and O–H groups in total. The van der Waals surface area contributed by atoms with Crippen molar-refractivity contribution in [3.63, 3.8) is 0 Å². The van der Waals surface area contributed by atoms with Crippen molar-refractivity contribution in [2.45, 2.75) is 6.61 Å². The van der Waals surface area contributed by atoms with Gasteiger partial charge in [-0.15, -0.1) is 0 Å². The first kappa shape index (κ1) is 14.8. The molecule has 0 fully saturated rings. The molecule has 0 bridgehead atoms. The van der Waals surface area contributed by atoms with Gasteiger partial charge in [-0.3, -0.25) is 0 Å². The normalized spacial score (nSPS) is 9.90. The molecular formula is C14H13BClNO2S. The van der Waals surface area contributed by atoms with Crippen LogP contribution in [0.4, 0.5) is 5.69 Å². The molecule has 0 radical (unpaired) electrons. The molecule has 0 heterocycles. The van der Waals surface area contributed by atoms with E-state index in [1.54, 1.807) is 18.2 Å². The van der Waals surface area contributed by atoms with Crippen molar-refractivity contribution in [1.29, 1.82) is 0 Å². The maximum atomic E-state index is 9.15. The van der Waals surface area contributed by atoms with E-state index in [0.29, 0.717) is 17.1 Å². The smallest absolute Gasteiger partial charge is 0.306 e. The Morgan fingerprint density at radius 2 is 2.00 bits per heavy atom.